The lowest BCUT2D eigenvalue weighted by atomic mass is 9.84. The molecule has 122 valence electrons. The molecule has 23 heavy (non-hydrogen) atoms. The molecule has 0 amide bonds. The molecule has 1 saturated heterocycles. The van der Waals surface area contributed by atoms with Crippen molar-refractivity contribution in [2.24, 2.45) is 5.92 Å². The van der Waals surface area contributed by atoms with Crippen molar-refractivity contribution in [3.05, 3.63) is 49.2 Å². The van der Waals surface area contributed by atoms with E-state index < -0.39 is 0 Å². The molecule has 3 aliphatic rings. The maximum Gasteiger partial charge on any atom is 0.168 e. The lowest BCUT2D eigenvalue weighted by Gasteiger charge is -2.38. The number of hydrogen-bond donors (Lipinski definition) is 0. The van der Waals surface area contributed by atoms with Crippen molar-refractivity contribution in [1.82, 2.24) is 9.88 Å². The van der Waals surface area contributed by atoms with Gasteiger partial charge >= 0.3 is 0 Å². The molecule has 1 spiro atoms. The number of ether oxygens (including phenoxy) is 2. The molecule has 1 saturated carbocycles. The van der Waals surface area contributed by atoms with Crippen LogP contribution in [0.2, 0.25) is 0 Å². The minimum absolute atomic E-state index is 0.286. The van der Waals surface area contributed by atoms with Gasteiger partial charge in [-0.2, -0.15) is 0 Å². The highest BCUT2D eigenvalue weighted by molar-refractivity contribution is 5.46. The molecule has 0 N–H and O–H groups in total. The first-order chi connectivity index (χ1) is 11.3. The lowest BCUT2D eigenvalue weighted by molar-refractivity contribution is -0.187. The quantitative estimate of drug-likeness (QED) is 0.857. The maximum atomic E-state index is 5.88. The van der Waals surface area contributed by atoms with E-state index in [2.05, 4.69) is 34.7 Å². The highest BCUT2D eigenvalue weighted by atomic mass is 16.7. The summed E-state index contributed by atoms with van der Waals surface area (Å²) in [6.45, 7) is 2.50. The summed E-state index contributed by atoms with van der Waals surface area (Å²) in [6.07, 6.45) is 14.7. The molecule has 0 aromatic carbocycles. The normalized spacial score (nSPS) is 26.2. The average Bonchev–Trinajstić information content (AvgIpc) is 3.04. The van der Waals surface area contributed by atoms with E-state index in [4.69, 9.17) is 9.47 Å². The number of pyridine rings is 1. The number of rotatable bonds is 3. The van der Waals surface area contributed by atoms with Gasteiger partial charge in [0.15, 0.2) is 5.79 Å². The first-order valence-electron chi connectivity index (χ1n) is 8.43. The van der Waals surface area contributed by atoms with Gasteiger partial charge in [0.2, 0.25) is 0 Å². The molecule has 5 nitrogen and oxygen atoms in total. The third kappa shape index (κ3) is 3.26. The second kappa shape index (κ2) is 6.34. The molecule has 0 bridgehead atoms. The van der Waals surface area contributed by atoms with E-state index in [0.29, 0.717) is 5.92 Å². The van der Waals surface area contributed by atoms with Gasteiger partial charge in [0, 0.05) is 50.4 Å². The van der Waals surface area contributed by atoms with Crippen LogP contribution in [-0.4, -0.2) is 35.4 Å². The van der Waals surface area contributed by atoms with Crippen LogP contribution in [-0.2, 0) is 9.47 Å². The second-order valence-electron chi connectivity index (χ2n) is 6.46. The minimum Gasteiger partial charge on any atom is -0.351 e. The van der Waals surface area contributed by atoms with Gasteiger partial charge in [-0.3, -0.25) is 0 Å². The monoisotopic (exact) mass is 313 g/mol. The van der Waals surface area contributed by atoms with Crippen LogP contribution in [0, 0.1) is 5.92 Å². The van der Waals surface area contributed by atoms with E-state index >= 15 is 0 Å². The molecule has 2 aliphatic heterocycles. The Morgan fingerprint density at radius 3 is 2.70 bits per heavy atom. The Labute approximate surface area is 137 Å². The van der Waals surface area contributed by atoms with E-state index in [-0.39, 0.29) is 5.79 Å². The predicted octanol–water partition coefficient (Wildman–Crippen LogP) is 3.08. The van der Waals surface area contributed by atoms with Crippen molar-refractivity contribution in [3.8, 4) is 0 Å². The van der Waals surface area contributed by atoms with Crippen LogP contribution >= 0.6 is 0 Å². The Balaban J connectivity index is 1.35. The summed E-state index contributed by atoms with van der Waals surface area (Å²) in [5.74, 6) is 1.26. The molecular weight excluding hydrogens is 290 g/mol. The van der Waals surface area contributed by atoms with Gasteiger partial charge in [-0.25, -0.2) is 4.98 Å². The topological polar surface area (TPSA) is 37.8 Å². The van der Waals surface area contributed by atoms with E-state index in [0.717, 1.165) is 38.4 Å². The zero-order chi connectivity index (χ0) is 15.5. The zero-order valence-electron chi connectivity index (χ0n) is 13.3. The average molecular weight is 313 g/mol. The minimum atomic E-state index is -0.286. The predicted molar refractivity (Wildman–Crippen MR) is 88.3 cm³/mol. The van der Waals surface area contributed by atoms with Crippen LogP contribution in [0.1, 0.15) is 25.7 Å². The smallest absolute Gasteiger partial charge is 0.168 e. The van der Waals surface area contributed by atoms with Crippen molar-refractivity contribution < 1.29 is 9.47 Å². The molecule has 1 aromatic rings. The fraction of sp³-hybridized carbons (Fsp3) is 0.500. The fourth-order valence-corrected chi connectivity index (χ4v) is 3.71. The molecule has 4 rings (SSSR count). The summed E-state index contributed by atoms with van der Waals surface area (Å²) in [5, 5.41) is 0. The lowest BCUT2D eigenvalue weighted by Crippen LogP contribution is -2.39. The van der Waals surface area contributed by atoms with E-state index in [1.54, 1.807) is 0 Å². The second-order valence-corrected chi connectivity index (χ2v) is 6.46. The third-order valence-corrected chi connectivity index (χ3v) is 4.80. The number of anilines is 1. The Kier molecular flexibility index (Phi) is 4.06. The van der Waals surface area contributed by atoms with Crippen LogP contribution in [0.15, 0.2) is 49.2 Å². The molecule has 0 radical (unpaired) electrons. The van der Waals surface area contributed by atoms with Gasteiger partial charge in [0.1, 0.15) is 5.82 Å². The van der Waals surface area contributed by atoms with Crippen molar-refractivity contribution in [1.29, 1.82) is 0 Å². The summed E-state index contributed by atoms with van der Waals surface area (Å²) in [7, 11) is 0. The van der Waals surface area contributed by atoms with Crippen molar-refractivity contribution in [2.45, 2.75) is 31.5 Å². The van der Waals surface area contributed by atoms with Crippen LogP contribution in [0.4, 0.5) is 5.82 Å². The molecule has 1 unspecified atom stereocenters. The summed E-state index contributed by atoms with van der Waals surface area (Å²) in [4.78, 5) is 8.64. The molecule has 1 aromatic heterocycles. The summed E-state index contributed by atoms with van der Waals surface area (Å²) in [6, 6.07) is 5.93. The summed E-state index contributed by atoms with van der Waals surface area (Å²) in [5.41, 5.74) is 0. The molecular formula is C18H23N3O2. The van der Waals surface area contributed by atoms with E-state index in [1.807, 2.05) is 29.3 Å². The van der Waals surface area contributed by atoms with Crippen molar-refractivity contribution in [2.75, 3.05) is 24.7 Å². The Bertz CT molecular complexity index is 567. The highest BCUT2D eigenvalue weighted by Gasteiger charge is 2.41. The maximum absolute atomic E-state index is 5.88. The van der Waals surface area contributed by atoms with Gasteiger partial charge in [0.05, 0.1) is 13.2 Å². The molecule has 5 heteroatoms. The van der Waals surface area contributed by atoms with Gasteiger partial charge < -0.3 is 19.3 Å². The number of nitrogens with zero attached hydrogens (tertiary/aromatic N) is 3. The standard InChI is InChI=1S/C18H23N3O2/c1-2-7-19-17(5-1)21-10-8-20(9-11-21)15-16-4-3-6-18(14-16)22-12-13-23-18/h1-2,5,7-11,16H,3-4,6,12-15H2. The van der Waals surface area contributed by atoms with Gasteiger partial charge in [-0.05, 0) is 30.9 Å². The van der Waals surface area contributed by atoms with Crippen LogP contribution in [0.5, 0.6) is 0 Å². The summed E-state index contributed by atoms with van der Waals surface area (Å²) < 4.78 is 11.8. The Morgan fingerprint density at radius 1 is 1.13 bits per heavy atom. The van der Waals surface area contributed by atoms with Crippen molar-refractivity contribution >= 4 is 5.82 Å². The Morgan fingerprint density at radius 2 is 1.96 bits per heavy atom. The van der Waals surface area contributed by atoms with Crippen LogP contribution in [0.3, 0.4) is 0 Å². The largest absolute Gasteiger partial charge is 0.351 e. The number of aromatic nitrogens is 1. The summed E-state index contributed by atoms with van der Waals surface area (Å²) >= 11 is 0. The van der Waals surface area contributed by atoms with Crippen molar-refractivity contribution in [3.63, 3.8) is 0 Å². The van der Waals surface area contributed by atoms with Crippen LogP contribution < -0.4 is 4.90 Å². The molecule has 3 heterocycles. The first kappa shape index (κ1) is 14.7. The molecule has 2 fully saturated rings. The van der Waals surface area contributed by atoms with E-state index in [9.17, 15) is 0 Å². The van der Waals surface area contributed by atoms with Crippen LogP contribution in [0.25, 0.3) is 0 Å². The number of hydrogen-bond acceptors (Lipinski definition) is 5. The fourth-order valence-electron chi connectivity index (χ4n) is 3.71. The SMILES string of the molecule is C1=CN(c2ccccn2)C=CN1CC1CCCC2(C1)OCCO2. The zero-order valence-corrected chi connectivity index (χ0v) is 13.3. The molecule has 1 atom stereocenters. The highest BCUT2D eigenvalue weighted by Crippen LogP contribution is 2.39. The van der Waals surface area contributed by atoms with Gasteiger partial charge in [0.25, 0.3) is 0 Å². The van der Waals surface area contributed by atoms with Gasteiger partial charge in [-0.1, -0.05) is 6.07 Å². The van der Waals surface area contributed by atoms with E-state index in [1.165, 1.54) is 12.8 Å². The third-order valence-electron chi connectivity index (χ3n) is 4.80. The first-order valence-corrected chi connectivity index (χ1v) is 8.43. The molecule has 1 aliphatic carbocycles. The van der Waals surface area contributed by atoms with Gasteiger partial charge in [-0.15, -0.1) is 0 Å². The Hall–Kier alpha value is -1.85.